The number of benzene rings is 2. The van der Waals surface area contributed by atoms with Crippen molar-refractivity contribution >= 4 is 55.6 Å². The van der Waals surface area contributed by atoms with E-state index in [2.05, 4.69) is 9.71 Å². The molecular formula is C27H25Cl2F3N2O2S2. The van der Waals surface area contributed by atoms with Crippen molar-refractivity contribution in [1.29, 1.82) is 0 Å². The van der Waals surface area contributed by atoms with Crippen molar-refractivity contribution in [3.05, 3.63) is 86.8 Å². The first-order valence-electron chi connectivity index (χ1n) is 11.5. The number of aromatic nitrogens is 1. The highest BCUT2D eigenvalue weighted by Crippen LogP contribution is 2.43. The van der Waals surface area contributed by atoms with Crippen LogP contribution in [0, 0.1) is 0 Å². The van der Waals surface area contributed by atoms with Crippen LogP contribution >= 0.6 is 34.5 Å². The van der Waals surface area contributed by atoms with Gasteiger partial charge < -0.3 is 5.11 Å². The molecule has 0 bridgehead atoms. The summed E-state index contributed by atoms with van der Waals surface area (Å²) in [6.45, 7) is 6.28. The first-order valence-corrected chi connectivity index (χ1v) is 14.2. The zero-order chi connectivity index (χ0) is 28.0. The average Bonchev–Trinajstić information content (AvgIpc) is 3.24. The number of fused-ring (bicyclic) bond motifs is 1. The number of pyridine rings is 1. The van der Waals surface area contributed by atoms with Crippen molar-refractivity contribution in [2.75, 3.05) is 0 Å². The summed E-state index contributed by atoms with van der Waals surface area (Å²) < 4.78 is 57.0. The fourth-order valence-corrected chi connectivity index (χ4v) is 6.38. The molecule has 0 amide bonds. The van der Waals surface area contributed by atoms with Crippen molar-refractivity contribution in [1.82, 2.24) is 9.71 Å². The Morgan fingerprint density at radius 2 is 1.71 bits per heavy atom. The minimum atomic E-state index is -4.87. The van der Waals surface area contributed by atoms with Crippen molar-refractivity contribution in [2.24, 2.45) is 0 Å². The van der Waals surface area contributed by atoms with Crippen LogP contribution in [0.5, 0.6) is 0 Å². The van der Waals surface area contributed by atoms with E-state index in [1.54, 1.807) is 24.3 Å². The highest BCUT2D eigenvalue weighted by atomic mass is 35.5. The Morgan fingerprint density at radius 1 is 1.03 bits per heavy atom. The Kier molecular flexibility index (Phi) is 8.02. The van der Waals surface area contributed by atoms with Gasteiger partial charge in [-0.2, -0.15) is 13.2 Å². The molecule has 0 radical (unpaired) electrons. The SMILES string of the molecule is CC(C)(C)[S@](=O)NC(c1cc2cc(Cl)cc(-c3cc(C(C)(O)C(F)(F)F)ccn3)c2s1)c1ccccc1Cl. The number of hydrogen-bond donors (Lipinski definition) is 2. The van der Waals surface area contributed by atoms with E-state index in [4.69, 9.17) is 23.2 Å². The van der Waals surface area contributed by atoms with E-state index in [1.165, 1.54) is 23.6 Å². The van der Waals surface area contributed by atoms with Gasteiger partial charge in [0.15, 0.2) is 5.60 Å². The number of halogens is 5. The maximum Gasteiger partial charge on any atom is 0.421 e. The molecule has 2 N–H and O–H groups in total. The van der Waals surface area contributed by atoms with Crippen LogP contribution in [0.15, 0.2) is 60.8 Å². The van der Waals surface area contributed by atoms with Crippen LogP contribution in [-0.2, 0) is 16.6 Å². The second-order valence-corrected chi connectivity index (χ2v) is 13.9. The molecule has 0 aliphatic rings. The van der Waals surface area contributed by atoms with Crippen molar-refractivity contribution < 1.29 is 22.5 Å². The minimum Gasteiger partial charge on any atom is -0.376 e. The monoisotopic (exact) mass is 600 g/mol. The Balaban J connectivity index is 1.88. The molecule has 2 aromatic carbocycles. The van der Waals surface area contributed by atoms with Crippen LogP contribution in [-0.4, -0.2) is 25.2 Å². The molecular weight excluding hydrogens is 576 g/mol. The maximum absolute atomic E-state index is 13.5. The molecule has 0 aliphatic carbocycles. The lowest BCUT2D eigenvalue weighted by atomic mass is 9.94. The second kappa shape index (κ2) is 10.5. The summed E-state index contributed by atoms with van der Waals surface area (Å²) in [5.41, 5.74) is -1.92. The van der Waals surface area contributed by atoms with Crippen LogP contribution in [0.4, 0.5) is 13.2 Å². The van der Waals surface area contributed by atoms with Gasteiger partial charge in [0.25, 0.3) is 0 Å². The third kappa shape index (κ3) is 5.78. The van der Waals surface area contributed by atoms with E-state index in [9.17, 15) is 22.5 Å². The lowest BCUT2D eigenvalue weighted by molar-refractivity contribution is -0.258. The number of nitrogens with zero attached hydrogens (tertiary/aromatic N) is 1. The van der Waals surface area contributed by atoms with Gasteiger partial charge in [0.05, 0.1) is 27.5 Å². The fraction of sp³-hybridized carbons (Fsp3) is 0.296. The van der Waals surface area contributed by atoms with Gasteiger partial charge in [0.1, 0.15) is 0 Å². The molecule has 202 valence electrons. The predicted molar refractivity (Wildman–Crippen MR) is 150 cm³/mol. The van der Waals surface area contributed by atoms with Gasteiger partial charge in [-0.1, -0.05) is 41.4 Å². The van der Waals surface area contributed by atoms with Crippen LogP contribution < -0.4 is 4.72 Å². The molecule has 4 rings (SSSR count). The van der Waals surface area contributed by atoms with Crippen LogP contribution in [0.25, 0.3) is 21.3 Å². The maximum atomic E-state index is 13.5. The summed E-state index contributed by atoms with van der Waals surface area (Å²) in [6.07, 6.45) is -3.64. The summed E-state index contributed by atoms with van der Waals surface area (Å²) in [6, 6.07) is 14.3. The number of aliphatic hydroxyl groups is 1. The summed E-state index contributed by atoms with van der Waals surface area (Å²) in [5, 5.41) is 11.8. The quantitative estimate of drug-likeness (QED) is 0.234. The lowest BCUT2D eigenvalue weighted by Crippen LogP contribution is -2.39. The zero-order valence-corrected chi connectivity index (χ0v) is 24.0. The Labute approximate surface area is 235 Å². The first kappa shape index (κ1) is 29.0. The van der Waals surface area contributed by atoms with Crippen LogP contribution in [0.2, 0.25) is 10.0 Å². The van der Waals surface area contributed by atoms with Gasteiger partial charge in [-0.3, -0.25) is 4.98 Å². The van der Waals surface area contributed by atoms with E-state index in [-0.39, 0.29) is 11.3 Å². The largest absolute Gasteiger partial charge is 0.421 e. The fourth-order valence-electron chi connectivity index (χ4n) is 3.78. The molecule has 0 fully saturated rings. The number of thiophene rings is 1. The van der Waals surface area contributed by atoms with Crippen LogP contribution in [0.1, 0.15) is 49.7 Å². The molecule has 38 heavy (non-hydrogen) atoms. The number of alkyl halides is 3. The third-order valence-electron chi connectivity index (χ3n) is 6.03. The second-order valence-electron chi connectivity index (χ2n) is 9.97. The minimum absolute atomic E-state index is 0.230. The smallest absolute Gasteiger partial charge is 0.376 e. The van der Waals surface area contributed by atoms with Gasteiger partial charge in [-0.05, 0) is 80.6 Å². The molecule has 11 heteroatoms. The summed E-state index contributed by atoms with van der Waals surface area (Å²) in [5.74, 6) is 0. The number of rotatable bonds is 6. The highest BCUT2D eigenvalue weighted by molar-refractivity contribution is 7.84. The van der Waals surface area contributed by atoms with E-state index >= 15 is 0 Å². The molecule has 3 atom stereocenters. The van der Waals surface area contributed by atoms with Gasteiger partial charge in [0, 0.05) is 31.4 Å². The Morgan fingerprint density at radius 3 is 2.34 bits per heavy atom. The molecule has 4 aromatic rings. The van der Waals surface area contributed by atoms with Gasteiger partial charge in [0.2, 0.25) is 0 Å². The number of nitrogens with one attached hydrogen (secondary N) is 1. The highest BCUT2D eigenvalue weighted by Gasteiger charge is 2.51. The molecule has 0 saturated carbocycles. The molecule has 4 nitrogen and oxygen atoms in total. The van der Waals surface area contributed by atoms with Crippen molar-refractivity contribution in [3.63, 3.8) is 0 Å². The first-order chi connectivity index (χ1) is 17.6. The zero-order valence-electron chi connectivity index (χ0n) is 20.9. The third-order valence-corrected chi connectivity index (χ3v) is 9.41. The van der Waals surface area contributed by atoms with Gasteiger partial charge >= 0.3 is 6.18 Å². The number of hydrogen-bond acceptors (Lipinski definition) is 4. The lowest BCUT2D eigenvalue weighted by Gasteiger charge is -2.26. The average molecular weight is 602 g/mol. The molecule has 2 heterocycles. The van der Waals surface area contributed by atoms with E-state index in [1.807, 2.05) is 39.0 Å². The van der Waals surface area contributed by atoms with E-state index in [0.717, 1.165) is 26.6 Å². The van der Waals surface area contributed by atoms with E-state index < -0.39 is 33.6 Å². The predicted octanol–water partition coefficient (Wildman–Crippen LogP) is 8.18. The van der Waals surface area contributed by atoms with Gasteiger partial charge in [-0.25, -0.2) is 8.93 Å². The summed E-state index contributed by atoms with van der Waals surface area (Å²) in [7, 11) is -1.44. The van der Waals surface area contributed by atoms with Crippen LogP contribution in [0.3, 0.4) is 0 Å². The van der Waals surface area contributed by atoms with Crippen molar-refractivity contribution in [2.45, 2.75) is 50.3 Å². The normalized spacial score (nSPS) is 15.8. The molecule has 0 spiro atoms. The standard InChI is InChI=1S/C27H25Cl2F3N2O2S2/c1-25(2,3)38(36)34-23(18-7-5-6-8-20(18)29)22-12-15-11-17(28)14-19(24(15)37-22)21-13-16(9-10-33-21)26(4,35)27(30,31)32/h5-14,23,34-35H,1-4H3/t23?,26?,38-/m0/s1. The molecule has 2 aromatic heterocycles. The van der Waals surface area contributed by atoms with Crippen molar-refractivity contribution in [3.8, 4) is 11.3 Å². The Hall–Kier alpha value is -2.01. The molecule has 0 aliphatic heterocycles. The molecule has 2 unspecified atom stereocenters. The topological polar surface area (TPSA) is 62.2 Å². The van der Waals surface area contributed by atoms with E-state index in [0.29, 0.717) is 22.5 Å². The summed E-state index contributed by atoms with van der Waals surface area (Å²) >= 11 is 14.3. The summed E-state index contributed by atoms with van der Waals surface area (Å²) in [4.78, 5) is 5.07. The Bertz CT molecular complexity index is 1510. The van der Waals surface area contributed by atoms with Gasteiger partial charge in [-0.15, -0.1) is 11.3 Å². The molecule has 0 saturated heterocycles.